The Balaban J connectivity index is 3.18. The minimum atomic E-state index is -0.483. The fraction of sp³-hybridized carbons (Fsp3) is 0.200. The van der Waals surface area contributed by atoms with Crippen LogP contribution >= 0.6 is 0 Å². The van der Waals surface area contributed by atoms with E-state index in [2.05, 4.69) is 9.98 Å². The number of hydrogen-bond donors (Lipinski definition) is 0. The lowest BCUT2D eigenvalue weighted by atomic mass is 10.2. The molecule has 1 rings (SSSR count). The van der Waals surface area contributed by atoms with Gasteiger partial charge >= 0.3 is 0 Å². The van der Waals surface area contributed by atoms with Gasteiger partial charge in [-0.05, 0) is 13.8 Å². The summed E-state index contributed by atoms with van der Waals surface area (Å²) in [6.07, 6.45) is 6.71. The minimum absolute atomic E-state index is 0.483. The van der Waals surface area contributed by atoms with E-state index in [0.717, 1.165) is 5.56 Å². The summed E-state index contributed by atoms with van der Waals surface area (Å²) in [5.41, 5.74) is 1.43. The maximum absolute atomic E-state index is 12.7. The van der Waals surface area contributed by atoms with Crippen LogP contribution in [0.3, 0.4) is 0 Å². The van der Waals surface area contributed by atoms with Crippen LogP contribution in [0, 0.1) is 5.95 Å². The normalized spacial score (nSPS) is 11.6. The van der Waals surface area contributed by atoms with E-state index >= 15 is 0 Å². The van der Waals surface area contributed by atoms with Gasteiger partial charge in [0.25, 0.3) is 0 Å². The molecule has 2 nitrogen and oxygen atoms in total. The van der Waals surface area contributed by atoms with E-state index in [-0.39, 0.29) is 0 Å². The first-order valence-corrected chi connectivity index (χ1v) is 4.05. The third-order valence-corrected chi connectivity index (χ3v) is 1.49. The average Bonchev–Trinajstić information content (AvgIpc) is 2.10. The van der Waals surface area contributed by atoms with Gasteiger partial charge in [-0.2, -0.15) is 4.39 Å². The topological polar surface area (TPSA) is 25.2 Å². The van der Waals surface area contributed by atoms with E-state index in [1.807, 2.05) is 19.9 Å². The summed E-state index contributed by atoms with van der Waals surface area (Å²) < 4.78 is 12.7. The van der Waals surface area contributed by atoms with Crippen LogP contribution in [0.5, 0.6) is 0 Å². The fourth-order valence-corrected chi connectivity index (χ4v) is 0.997. The molecule has 1 heterocycles. The monoisotopic (exact) mass is 178 g/mol. The summed E-state index contributed by atoms with van der Waals surface area (Å²) in [6.45, 7) is 3.68. The number of nitrogens with zero attached hydrogens (tertiary/aromatic N) is 2. The van der Waals surface area contributed by atoms with Gasteiger partial charge in [-0.15, -0.1) is 0 Å². The molecule has 68 valence electrons. The molecule has 0 unspecified atom stereocenters. The molecule has 0 atom stereocenters. The molecule has 0 aromatic carbocycles. The molecule has 3 heteroatoms. The number of hydrogen-bond acceptors (Lipinski definition) is 2. The van der Waals surface area contributed by atoms with Gasteiger partial charge in [0.1, 0.15) is 0 Å². The van der Waals surface area contributed by atoms with Gasteiger partial charge in [-0.25, -0.2) is 4.98 Å². The molecule has 0 radical (unpaired) electrons. The molecule has 0 saturated heterocycles. The Morgan fingerprint density at radius 3 is 2.85 bits per heavy atom. The molecule has 13 heavy (non-hydrogen) atoms. The molecule has 0 aliphatic rings. The average molecular weight is 178 g/mol. The Morgan fingerprint density at radius 2 is 2.23 bits per heavy atom. The molecule has 0 bridgehead atoms. The van der Waals surface area contributed by atoms with Crippen molar-refractivity contribution in [3.63, 3.8) is 0 Å². The Bertz CT molecular complexity index is 343. The summed E-state index contributed by atoms with van der Waals surface area (Å²) in [5, 5.41) is 0. The van der Waals surface area contributed by atoms with Crippen molar-refractivity contribution in [3.8, 4) is 0 Å². The zero-order valence-electron chi connectivity index (χ0n) is 7.66. The second-order valence-electron chi connectivity index (χ2n) is 2.45. The summed E-state index contributed by atoms with van der Waals surface area (Å²) in [6, 6.07) is 1.36. The van der Waals surface area contributed by atoms with Crippen molar-refractivity contribution in [2.75, 3.05) is 0 Å². The SMILES string of the molecule is C/C=C\c1cc(F)ncc1/N=C\C. The molecule has 0 N–H and O–H groups in total. The fourth-order valence-electron chi connectivity index (χ4n) is 0.997. The van der Waals surface area contributed by atoms with Crippen molar-refractivity contribution >= 4 is 18.0 Å². The minimum Gasteiger partial charge on any atom is -0.259 e. The van der Waals surface area contributed by atoms with E-state index in [9.17, 15) is 4.39 Å². The Labute approximate surface area is 76.8 Å². The van der Waals surface area contributed by atoms with E-state index in [0.29, 0.717) is 5.69 Å². The molecule has 0 saturated carbocycles. The molecule has 0 fully saturated rings. The third kappa shape index (κ3) is 2.47. The number of rotatable bonds is 2. The lowest BCUT2D eigenvalue weighted by Gasteiger charge is -1.98. The molecule has 0 aliphatic heterocycles. The summed E-state index contributed by atoms with van der Waals surface area (Å²) in [7, 11) is 0. The van der Waals surface area contributed by atoms with Gasteiger partial charge in [0.15, 0.2) is 0 Å². The van der Waals surface area contributed by atoms with Gasteiger partial charge in [0.2, 0.25) is 5.95 Å². The van der Waals surface area contributed by atoms with Crippen molar-refractivity contribution in [1.29, 1.82) is 0 Å². The lowest BCUT2D eigenvalue weighted by Crippen LogP contribution is -1.84. The summed E-state index contributed by atoms with van der Waals surface area (Å²) in [5.74, 6) is -0.483. The van der Waals surface area contributed by atoms with Crippen LogP contribution in [0.25, 0.3) is 6.08 Å². The lowest BCUT2D eigenvalue weighted by molar-refractivity contribution is 0.583. The maximum atomic E-state index is 12.7. The summed E-state index contributed by atoms with van der Waals surface area (Å²) >= 11 is 0. The zero-order chi connectivity index (χ0) is 9.68. The molecule has 0 amide bonds. The van der Waals surface area contributed by atoms with E-state index in [4.69, 9.17) is 0 Å². The molecule has 1 aromatic heterocycles. The first-order valence-electron chi connectivity index (χ1n) is 4.05. The van der Waals surface area contributed by atoms with E-state index < -0.39 is 5.95 Å². The van der Waals surface area contributed by atoms with Crippen molar-refractivity contribution in [2.45, 2.75) is 13.8 Å². The van der Waals surface area contributed by atoms with Crippen LogP contribution in [-0.4, -0.2) is 11.2 Å². The number of pyridine rings is 1. The highest BCUT2D eigenvalue weighted by molar-refractivity contribution is 5.68. The van der Waals surface area contributed by atoms with Gasteiger partial charge < -0.3 is 0 Å². The van der Waals surface area contributed by atoms with Crippen LogP contribution in [0.1, 0.15) is 19.4 Å². The molecule has 1 aromatic rings. The molecular weight excluding hydrogens is 167 g/mol. The van der Waals surface area contributed by atoms with Gasteiger partial charge in [-0.3, -0.25) is 4.99 Å². The molecular formula is C10H11FN2. The smallest absolute Gasteiger partial charge is 0.213 e. The second-order valence-corrected chi connectivity index (χ2v) is 2.45. The quantitative estimate of drug-likeness (QED) is 0.505. The first-order chi connectivity index (χ1) is 6.27. The van der Waals surface area contributed by atoms with Gasteiger partial charge in [0, 0.05) is 17.8 Å². The van der Waals surface area contributed by atoms with Crippen molar-refractivity contribution in [2.24, 2.45) is 4.99 Å². The van der Waals surface area contributed by atoms with Crippen molar-refractivity contribution in [3.05, 3.63) is 29.9 Å². The first kappa shape index (κ1) is 9.58. The van der Waals surface area contributed by atoms with Crippen LogP contribution < -0.4 is 0 Å². The zero-order valence-corrected chi connectivity index (χ0v) is 7.66. The number of aliphatic imine (C=N–C) groups is 1. The maximum Gasteiger partial charge on any atom is 0.213 e. The number of halogens is 1. The van der Waals surface area contributed by atoms with Crippen LogP contribution in [0.2, 0.25) is 0 Å². The largest absolute Gasteiger partial charge is 0.259 e. The highest BCUT2D eigenvalue weighted by Gasteiger charge is 1.99. The number of aromatic nitrogens is 1. The van der Waals surface area contributed by atoms with Crippen LogP contribution in [0.4, 0.5) is 10.1 Å². The van der Waals surface area contributed by atoms with Gasteiger partial charge in [-0.1, -0.05) is 12.2 Å². The number of allylic oxidation sites excluding steroid dienone is 1. The van der Waals surface area contributed by atoms with E-state index in [1.165, 1.54) is 12.3 Å². The predicted octanol–water partition coefficient (Wildman–Crippen LogP) is 2.98. The Morgan fingerprint density at radius 1 is 1.46 bits per heavy atom. The van der Waals surface area contributed by atoms with E-state index in [1.54, 1.807) is 12.3 Å². The van der Waals surface area contributed by atoms with Gasteiger partial charge in [0.05, 0.1) is 11.9 Å². The third-order valence-electron chi connectivity index (χ3n) is 1.49. The summed E-state index contributed by atoms with van der Waals surface area (Å²) in [4.78, 5) is 7.59. The van der Waals surface area contributed by atoms with Crippen molar-refractivity contribution < 1.29 is 4.39 Å². The van der Waals surface area contributed by atoms with Crippen LogP contribution in [-0.2, 0) is 0 Å². The Kier molecular flexibility index (Phi) is 3.31. The molecule has 0 aliphatic carbocycles. The highest BCUT2D eigenvalue weighted by atomic mass is 19.1. The van der Waals surface area contributed by atoms with Crippen LogP contribution in [0.15, 0.2) is 23.3 Å². The Hall–Kier alpha value is -1.51. The predicted molar refractivity (Wildman–Crippen MR) is 52.7 cm³/mol. The molecule has 0 spiro atoms. The standard InChI is InChI=1S/C10H11FN2/c1-3-5-8-6-10(11)13-7-9(8)12-4-2/h3-7H,1-2H3/b5-3-,12-4-. The second kappa shape index (κ2) is 4.50. The van der Waals surface area contributed by atoms with Crippen molar-refractivity contribution in [1.82, 2.24) is 4.98 Å². The highest BCUT2D eigenvalue weighted by Crippen LogP contribution is 2.19.